The summed E-state index contributed by atoms with van der Waals surface area (Å²) in [5.41, 5.74) is -0.0970. The van der Waals surface area contributed by atoms with Crippen LogP contribution in [0, 0.1) is 19.8 Å². The van der Waals surface area contributed by atoms with E-state index in [1.165, 1.54) is 11.0 Å². The maximum atomic E-state index is 15.3. The van der Waals surface area contributed by atoms with Gasteiger partial charge in [0.2, 0.25) is 33.6 Å². The Labute approximate surface area is 304 Å². The molecule has 4 N–H and O–H groups in total. The Morgan fingerprint density at radius 3 is 2.53 bits per heavy atom. The summed E-state index contributed by atoms with van der Waals surface area (Å²) < 4.78 is 69.6. The first-order valence-electron chi connectivity index (χ1n) is 18.0. The van der Waals surface area contributed by atoms with Crippen LogP contribution in [0.3, 0.4) is 0 Å². The third-order valence-corrected chi connectivity index (χ3v) is 12.4. The van der Waals surface area contributed by atoms with Crippen molar-refractivity contribution < 1.29 is 45.9 Å². The predicted octanol–water partition coefficient (Wildman–Crippen LogP) is 2.71. The largest absolute Gasteiger partial charge is 0.471 e. The molecule has 1 aromatic carbocycles. The Kier molecular flexibility index (Phi) is 9.90. The molecule has 3 aromatic rings. The van der Waals surface area contributed by atoms with E-state index < -0.39 is 87.6 Å². The first-order valence-corrected chi connectivity index (χ1v) is 19.5. The van der Waals surface area contributed by atoms with Crippen molar-refractivity contribution in [3.63, 3.8) is 0 Å². The van der Waals surface area contributed by atoms with Crippen LogP contribution in [0.1, 0.15) is 87.6 Å². The van der Waals surface area contributed by atoms with Crippen molar-refractivity contribution in [2.45, 2.75) is 119 Å². The predicted molar refractivity (Wildman–Crippen MR) is 184 cm³/mol. The molecule has 3 amide bonds. The van der Waals surface area contributed by atoms with Gasteiger partial charge in [-0.05, 0) is 64.0 Å². The summed E-state index contributed by atoms with van der Waals surface area (Å²) in [5, 5.41) is 19.6. The summed E-state index contributed by atoms with van der Waals surface area (Å²) in [6.45, 7) is 3.26. The molecular formula is C35H43F2N7O8S. The first kappa shape index (κ1) is 37.0. The van der Waals surface area contributed by atoms with E-state index in [1.54, 1.807) is 32.0 Å². The minimum atomic E-state index is -4.07. The Morgan fingerprint density at radius 2 is 1.83 bits per heavy atom. The Hall–Kier alpha value is -4.29. The van der Waals surface area contributed by atoms with Crippen molar-refractivity contribution in [2.75, 3.05) is 6.54 Å². The van der Waals surface area contributed by atoms with Crippen molar-refractivity contribution in [2.24, 2.45) is 5.92 Å². The van der Waals surface area contributed by atoms with E-state index in [2.05, 4.69) is 25.8 Å². The molecule has 6 atom stereocenters. The van der Waals surface area contributed by atoms with Gasteiger partial charge in [0, 0.05) is 25.3 Å². The number of amides is 3. The van der Waals surface area contributed by atoms with Crippen LogP contribution in [-0.4, -0.2) is 92.7 Å². The smallest absolute Gasteiger partial charge is 0.259 e. The second-order valence-electron chi connectivity index (χ2n) is 14.8. The van der Waals surface area contributed by atoms with E-state index in [4.69, 9.17) is 9.26 Å². The average Bonchev–Trinajstić information content (AvgIpc) is 3.98. The molecule has 53 heavy (non-hydrogen) atoms. The molecule has 6 unspecified atom stereocenters. The lowest BCUT2D eigenvalue weighted by atomic mass is 10.00. The van der Waals surface area contributed by atoms with Crippen LogP contribution in [0.5, 0.6) is 5.88 Å². The van der Waals surface area contributed by atoms with Crippen molar-refractivity contribution in [1.29, 1.82) is 0 Å². The number of aliphatic hydroxyl groups excluding tert-OH is 1. The molecule has 7 rings (SSSR count). The maximum Gasteiger partial charge on any atom is 0.259 e. The van der Waals surface area contributed by atoms with E-state index in [0.717, 1.165) is 0 Å². The topological polar surface area (TPSA) is 206 Å². The molecule has 0 bridgehead atoms. The highest BCUT2D eigenvalue weighted by Crippen LogP contribution is 2.51. The zero-order chi connectivity index (χ0) is 37.7. The van der Waals surface area contributed by atoms with Crippen LogP contribution in [0.4, 0.5) is 8.78 Å². The zero-order valence-electron chi connectivity index (χ0n) is 29.4. The van der Waals surface area contributed by atoms with Crippen molar-refractivity contribution in [3.05, 3.63) is 47.5 Å². The van der Waals surface area contributed by atoms with Gasteiger partial charge >= 0.3 is 0 Å². The zero-order valence-corrected chi connectivity index (χ0v) is 30.2. The lowest BCUT2D eigenvalue weighted by Crippen LogP contribution is -2.58. The van der Waals surface area contributed by atoms with Gasteiger partial charge in [-0.3, -0.25) is 24.4 Å². The average molecular weight is 760 g/mol. The second kappa shape index (κ2) is 14.2. The van der Waals surface area contributed by atoms with Gasteiger partial charge in [-0.15, -0.1) is 0 Å². The van der Waals surface area contributed by atoms with Crippen LogP contribution in [0.2, 0.25) is 0 Å². The number of ether oxygens (including phenoxy) is 1. The summed E-state index contributed by atoms with van der Waals surface area (Å²) in [7, 11) is -4.07. The molecule has 2 aliphatic carbocycles. The van der Waals surface area contributed by atoms with E-state index in [1.807, 2.05) is 10.8 Å². The molecular weight excluding hydrogens is 716 g/mol. The number of carbonyl (C=O) groups excluding carboxylic acids is 3. The standard InChI is InChI=1S/C35H43F2N7O8S/c1-19-14-27(42-52-19)29(45)39-26-10-4-3-7-13-34(36,37)16-21-17-35(21,33(48)43-53(49,50)23-11-12-23)41-30(46)28-15-22(18-44(28)32(26)47)51-31-20(2)38-24-8-5-6-9-25(24)40-31/h5-6,8-9,14,21-23,26,28-29,39,45H,3-4,7,10-13,15-18H2,1-2H3,(H,41,46)(H,43,48). The van der Waals surface area contributed by atoms with Crippen LogP contribution in [-0.2, 0) is 24.4 Å². The third kappa shape index (κ3) is 7.99. The number of nitrogens with one attached hydrogen (secondary N) is 3. The molecule has 2 aliphatic heterocycles. The highest BCUT2D eigenvalue weighted by Gasteiger charge is 2.65. The number of para-hydroxylation sites is 2. The summed E-state index contributed by atoms with van der Waals surface area (Å²) in [5.74, 6) is -6.07. The van der Waals surface area contributed by atoms with Gasteiger partial charge in [-0.25, -0.2) is 27.2 Å². The van der Waals surface area contributed by atoms with Crippen molar-refractivity contribution >= 4 is 38.8 Å². The molecule has 2 saturated carbocycles. The fourth-order valence-electron chi connectivity index (χ4n) is 7.41. The molecule has 0 radical (unpaired) electrons. The highest BCUT2D eigenvalue weighted by molar-refractivity contribution is 7.91. The molecule has 286 valence electrons. The Balaban J connectivity index is 1.20. The summed E-state index contributed by atoms with van der Waals surface area (Å²) in [6.07, 6.45) is -2.04. The second-order valence-corrected chi connectivity index (χ2v) is 16.7. The molecule has 2 saturated heterocycles. The molecule has 4 aliphatic rings. The normalized spacial score (nSPS) is 28.6. The van der Waals surface area contributed by atoms with Gasteiger partial charge in [-0.1, -0.05) is 30.1 Å². The molecule has 2 aromatic heterocycles. The maximum absolute atomic E-state index is 15.3. The minimum Gasteiger partial charge on any atom is -0.471 e. The summed E-state index contributed by atoms with van der Waals surface area (Å²) >= 11 is 0. The van der Waals surface area contributed by atoms with Gasteiger partial charge < -0.3 is 24.6 Å². The van der Waals surface area contributed by atoms with E-state index >= 15 is 8.78 Å². The Morgan fingerprint density at radius 1 is 1.09 bits per heavy atom. The number of aliphatic hydroxyl groups is 1. The lowest BCUT2D eigenvalue weighted by Gasteiger charge is -2.30. The van der Waals surface area contributed by atoms with E-state index in [0.29, 0.717) is 48.2 Å². The number of hydrogen-bond donors (Lipinski definition) is 4. The third-order valence-electron chi connectivity index (χ3n) is 10.5. The van der Waals surface area contributed by atoms with Gasteiger partial charge in [0.05, 0.1) is 28.9 Å². The van der Waals surface area contributed by atoms with Gasteiger partial charge in [0.25, 0.3) is 5.91 Å². The van der Waals surface area contributed by atoms with Crippen LogP contribution in [0.25, 0.3) is 11.0 Å². The fraction of sp³-hybridized carbons (Fsp3) is 0.600. The van der Waals surface area contributed by atoms with Gasteiger partial charge in [-0.2, -0.15) is 0 Å². The SMILES string of the molecule is Cc1cc(C(O)NC2CCCCCC(F)(F)CC3CC3(C(=O)NS(=O)(=O)C3CC3)NC(=O)C3CC(Oc4nc5ccccc5nc4C)CN3C2=O)no1. The number of carbonyl (C=O) groups is 3. The molecule has 4 fully saturated rings. The van der Waals surface area contributed by atoms with E-state index in [9.17, 15) is 27.9 Å². The number of alkyl halides is 2. The van der Waals surface area contributed by atoms with Crippen molar-refractivity contribution in [1.82, 2.24) is 35.4 Å². The molecule has 4 heterocycles. The van der Waals surface area contributed by atoms with Crippen LogP contribution < -0.4 is 20.1 Å². The summed E-state index contributed by atoms with van der Waals surface area (Å²) in [6, 6.07) is 6.36. The quantitative estimate of drug-likeness (QED) is 0.245. The molecule has 18 heteroatoms. The lowest BCUT2D eigenvalue weighted by molar-refractivity contribution is -0.142. The minimum absolute atomic E-state index is 0.0673. The van der Waals surface area contributed by atoms with Crippen LogP contribution >= 0.6 is 0 Å². The monoisotopic (exact) mass is 759 g/mol. The molecule has 15 nitrogen and oxygen atoms in total. The number of rotatable bonds is 8. The number of hydrogen-bond acceptors (Lipinski definition) is 12. The molecule has 0 spiro atoms. The van der Waals surface area contributed by atoms with Gasteiger partial charge in [0.1, 0.15) is 34.8 Å². The number of fused-ring (bicyclic) bond motifs is 3. The highest BCUT2D eigenvalue weighted by atomic mass is 32.2. The Bertz CT molecular complexity index is 2010. The number of halogens is 2. The van der Waals surface area contributed by atoms with Crippen molar-refractivity contribution in [3.8, 4) is 5.88 Å². The first-order chi connectivity index (χ1) is 25.1. The van der Waals surface area contributed by atoms with Gasteiger partial charge in [0.15, 0.2) is 6.23 Å². The number of sulfonamides is 1. The number of benzene rings is 1. The number of aryl methyl sites for hydroxylation is 2. The number of nitrogens with zero attached hydrogens (tertiary/aromatic N) is 4. The van der Waals surface area contributed by atoms with Crippen LogP contribution in [0.15, 0.2) is 34.9 Å². The summed E-state index contributed by atoms with van der Waals surface area (Å²) in [4.78, 5) is 52.9. The van der Waals surface area contributed by atoms with E-state index in [-0.39, 0.29) is 43.8 Å². The fourth-order valence-corrected chi connectivity index (χ4v) is 8.77. The number of aromatic nitrogens is 3.